The van der Waals surface area contributed by atoms with Crippen molar-refractivity contribution in [3.8, 4) is 0 Å². The van der Waals surface area contributed by atoms with Crippen LogP contribution in [0.25, 0.3) is 0 Å². The monoisotopic (exact) mass is 286 g/mol. The molecule has 1 aliphatic heterocycles. The summed E-state index contributed by atoms with van der Waals surface area (Å²) < 4.78 is 0. The fourth-order valence-corrected chi connectivity index (χ4v) is 2.09. The molecule has 1 rings (SSSR count). The molecule has 0 saturated carbocycles. The predicted octanol–water partition coefficient (Wildman–Crippen LogP) is 4.17. The number of amides is 1. The van der Waals surface area contributed by atoms with Crippen LogP contribution in [0.3, 0.4) is 0 Å². The molecule has 0 N–H and O–H groups in total. The van der Waals surface area contributed by atoms with E-state index >= 15 is 0 Å². The maximum absolute atomic E-state index is 11.8. The van der Waals surface area contributed by atoms with E-state index in [0.717, 1.165) is 45.4 Å². The second-order valence-corrected chi connectivity index (χ2v) is 4.68. The fraction of sp³-hybridized carbons (Fsp3) is 0.941. The summed E-state index contributed by atoms with van der Waals surface area (Å²) in [5, 5.41) is 0. The Labute approximate surface area is 127 Å². The summed E-state index contributed by atoms with van der Waals surface area (Å²) in [4.78, 5) is 16.3. The second-order valence-electron chi connectivity index (χ2n) is 4.68. The summed E-state index contributed by atoms with van der Waals surface area (Å²) in [5.41, 5.74) is 0. The van der Waals surface area contributed by atoms with Gasteiger partial charge in [0.15, 0.2) is 0 Å². The van der Waals surface area contributed by atoms with Gasteiger partial charge in [0.1, 0.15) is 0 Å². The SMILES string of the molecule is CC.CC.CCCCC(=O)N1CCN(CCCC)CC1. The van der Waals surface area contributed by atoms with Crippen LogP contribution in [0.15, 0.2) is 0 Å². The molecule has 0 aromatic rings. The minimum atomic E-state index is 0.358. The van der Waals surface area contributed by atoms with Crippen LogP contribution in [0.2, 0.25) is 0 Å². The van der Waals surface area contributed by atoms with Gasteiger partial charge in [-0.05, 0) is 19.4 Å². The van der Waals surface area contributed by atoms with Gasteiger partial charge < -0.3 is 4.90 Å². The summed E-state index contributed by atoms with van der Waals surface area (Å²) >= 11 is 0. The summed E-state index contributed by atoms with van der Waals surface area (Å²) in [6.45, 7) is 17.6. The summed E-state index contributed by atoms with van der Waals surface area (Å²) in [7, 11) is 0. The Balaban J connectivity index is 0. The van der Waals surface area contributed by atoms with Crippen LogP contribution in [-0.4, -0.2) is 48.4 Å². The fourth-order valence-electron chi connectivity index (χ4n) is 2.09. The van der Waals surface area contributed by atoms with Crippen LogP contribution in [0, 0.1) is 0 Å². The van der Waals surface area contributed by atoms with Crippen molar-refractivity contribution in [2.45, 2.75) is 73.6 Å². The van der Waals surface area contributed by atoms with Crippen molar-refractivity contribution in [1.82, 2.24) is 9.80 Å². The van der Waals surface area contributed by atoms with E-state index in [1.165, 1.54) is 19.4 Å². The number of carbonyl (C=O) groups is 1. The van der Waals surface area contributed by atoms with Crippen LogP contribution < -0.4 is 0 Å². The van der Waals surface area contributed by atoms with E-state index in [9.17, 15) is 4.79 Å². The number of hydrogen-bond acceptors (Lipinski definition) is 2. The molecule has 0 aromatic heterocycles. The third kappa shape index (κ3) is 10.2. The third-order valence-corrected chi connectivity index (χ3v) is 3.30. The maximum atomic E-state index is 11.8. The van der Waals surface area contributed by atoms with Crippen molar-refractivity contribution < 1.29 is 4.79 Å². The Kier molecular flexibility index (Phi) is 17.9. The number of nitrogens with zero attached hydrogens (tertiary/aromatic N) is 2. The Hall–Kier alpha value is -0.570. The minimum absolute atomic E-state index is 0.358. The third-order valence-electron chi connectivity index (χ3n) is 3.30. The van der Waals surface area contributed by atoms with E-state index in [0.29, 0.717) is 5.91 Å². The van der Waals surface area contributed by atoms with Crippen molar-refractivity contribution in [3.63, 3.8) is 0 Å². The minimum Gasteiger partial charge on any atom is -0.340 e. The number of rotatable bonds is 6. The molecule has 20 heavy (non-hydrogen) atoms. The largest absolute Gasteiger partial charge is 0.340 e. The molecule has 1 heterocycles. The molecule has 3 heteroatoms. The molecule has 122 valence electrons. The molecule has 1 amide bonds. The molecule has 0 atom stereocenters. The normalized spacial score (nSPS) is 14.8. The molecule has 0 aliphatic carbocycles. The highest BCUT2D eigenvalue weighted by Gasteiger charge is 2.19. The van der Waals surface area contributed by atoms with E-state index in [1.54, 1.807) is 0 Å². The average molecular weight is 287 g/mol. The molecule has 3 nitrogen and oxygen atoms in total. The van der Waals surface area contributed by atoms with Gasteiger partial charge in [-0.25, -0.2) is 0 Å². The highest BCUT2D eigenvalue weighted by atomic mass is 16.2. The van der Waals surface area contributed by atoms with E-state index in [2.05, 4.69) is 18.7 Å². The van der Waals surface area contributed by atoms with Crippen LogP contribution in [-0.2, 0) is 4.79 Å². The lowest BCUT2D eigenvalue weighted by Gasteiger charge is -2.34. The first kappa shape index (κ1) is 21.7. The van der Waals surface area contributed by atoms with Crippen LogP contribution in [0.4, 0.5) is 0 Å². The molecule has 0 spiro atoms. The summed E-state index contributed by atoms with van der Waals surface area (Å²) in [6.07, 6.45) is 5.43. The predicted molar refractivity (Wildman–Crippen MR) is 90.1 cm³/mol. The van der Waals surface area contributed by atoms with Gasteiger partial charge in [-0.1, -0.05) is 54.4 Å². The van der Waals surface area contributed by atoms with Gasteiger partial charge in [0.05, 0.1) is 0 Å². The van der Waals surface area contributed by atoms with E-state index in [-0.39, 0.29) is 0 Å². The molecule has 0 radical (unpaired) electrons. The van der Waals surface area contributed by atoms with E-state index in [4.69, 9.17) is 0 Å². The second kappa shape index (κ2) is 16.5. The van der Waals surface area contributed by atoms with Gasteiger partial charge in [-0.15, -0.1) is 0 Å². The molecule has 1 fully saturated rings. The van der Waals surface area contributed by atoms with Crippen molar-refractivity contribution in [2.75, 3.05) is 32.7 Å². The smallest absolute Gasteiger partial charge is 0.222 e. The highest BCUT2D eigenvalue weighted by Crippen LogP contribution is 2.07. The van der Waals surface area contributed by atoms with Gasteiger partial charge in [-0.2, -0.15) is 0 Å². The Morgan fingerprint density at radius 3 is 1.80 bits per heavy atom. The van der Waals surface area contributed by atoms with Gasteiger partial charge in [0, 0.05) is 32.6 Å². The summed E-state index contributed by atoms with van der Waals surface area (Å²) in [5.74, 6) is 0.358. The molecule has 1 saturated heterocycles. The molecular weight excluding hydrogens is 248 g/mol. The van der Waals surface area contributed by atoms with E-state index < -0.39 is 0 Å². The van der Waals surface area contributed by atoms with Gasteiger partial charge >= 0.3 is 0 Å². The van der Waals surface area contributed by atoms with Gasteiger partial charge in [0.25, 0.3) is 0 Å². The zero-order chi connectivity index (χ0) is 15.8. The van der Waals surface area contributed by atoms with Crippen LogP contribution in [0.5, 0.6) is 0 Å². The van der Waals surface area contributed by atoms with Gasteiger partial charge in [-0.3, -0.25) is 9.69 Å². The lowest BCUT2D eigenvalue weighted by atomic mass is 10.2. The summed E-state index contributed by atoms with van der Waals surface area (Å²) in [6, 6.07) is 0. The van der Waals surface area contributed by atoms with Crippen molar-refractivity contribution >= 4 is 5.91 Å². The zero-order valence-corrected chi connectivity index (χ0v) is 14.9. The Bertz CT molecular complexity index is 199. The number of hydrogen-bond donors (Lipinski definition) is 0. The van der Waals surface area contributed by atoms with Crippen molar-refractivity contribution in [1.29, 1.82) is 0 Å². The standard InChI is InChI=1S/C13H26N2O.2C2H6/c1-3-5-7-13(16)15-11-9-14(10-12-15)8-6-4-2;2*1-2/h3-12H2,1-2H3;2*1-2H3. The van der Waals surface area contributed by atoms with Crippen LogP contribution >= 0.6 is 0 Å². The number of carbonyl (C=O) groups excluding carboxylic acids is 1. The first-order valence-corrected chi connectivity index (χ1v) is 8.78. The first-order valence-electron chi connectivity index (χ1n) is 8.78. The molecular formula is C17H38N2O. The lowest BCUT2D eigenvalue weighted by molar-refractivity contribution is -0.133. The Morgan fingerprint density at radius 1 is 0.850 bits per heavy atom. The lowest BCUT2D eigenvalue weighted by Crippen LogP contribution is -2.48. The molecule has 0 unspecified atom stereocenters. The van der Waals surface area contributed by atoms with E-state index in [1.807, 2.05) is 32.6 Å². The molecule has 1 aliphatic rings. The van der Waals surface area contributed by atoms with Crippen molar-refractivity contribution in [3.05, 3.63) is 0 Å². The van der Waals surface area contributed by atoms with Crippen molar-refractivity contribution in [2.24, 2.45) is 0 Å². The first-order chi connectivity index (χ1) is 9.77. The average Bonchev–Trinajstić information content (AvgIpc) is 2.55. The highest BCUT2D eigenvalue weighted by molar-refractivity contribution is 5.76. The van der Waals surface area contributed by atoms with Crippen LogP contribution in [0.1, 0.15) is 73.6 Å². The Morgan fingerprint density at radius 2 is 1.35 bits per heavy atom. The molecule has 0 bridgehead atoms. The number of unbranched alkanes of at least 4 members (excludes halogenated alkanes) is 2. The zero-order valence-electron chi connectivity index (χ0n) is 14.9. The molecule has 0 aromatic carbocycles. The van der Waals surface area contributed by atoms with Gasteiger partial charge in [0.2, 0.25) is 5.91 Å². The maximum Gasteiger partial charge on any atom is 0.222 e. The quantitative estimate of drug-likeness (QED) is 0.731. The topological polar surface area (TPSA) is 23.6 Å². The number of piperazine rings is 1.